The van der Waals surface area contributed by atoms with Crippen molar-refractivity contribution in [3.63, 3.8) is 0 Å². The van der Waals surface area contributed by atoms with Gasteiger partial charge in [-0.25, -0.2) is 4.79 Å². The third-order valence-electron chi connectivity index (χ3n) is 2.61. The fraction of sp³-hybridized carbons (Fsp3) is 0. The SMILES string of the molecule is O=c1[nH]c(C=Cc2cc(Br)c(O)c(Br)c2)c([N+](=O)[O-])c(=O)[nH]1. The van der Waals surface area contributed by atoms with Gasteiger partial charge in [-0.1, -0.05) is 6.08 Å². The summed E-state index contributed by atoms with van der Waals surface area (Å²) in [6.45, 7) is 0. The number of nitro groups is 1. The van der Waals surface area contributed by atoms with Crippen molar-refractivity contribution in [2.24, 2.45) is 0 Å². The van der Waals surface area contributed by atoms with Gasteiger partial charge in [0.05, 0.1) is 13.9 Å². The highest BCUT2D eigenvalue weighted by Crippen LogP contribution is 2.33. The molecule has 0 atom stereocenters. The molecule has 0 spiro atoms. The number of phenolic OH excluding ortho intramolecular Hbond substituents is 1. The molecule has 0 saturated heterocycles. The van der Waals surface area contributed by atoms with Crippen molar-refractivity contribution in [1.29, 1.82) is 0 Å². The van der Waals surface area contributed by atoms with Gasteiger partial charge in [0.15, 0.2) is 0 Å². The van der Waals surface area contributed by atoms with Crippen molar-refractivity contribution in [2.75, 3.05) is 0 Å². The van der Waals surface area contributed by atoms with E-state index in [-0.39, 0.29) is 11.4 Å². The number of hydrogen-bond donors (Lipinski definition) is 3. The van der Waals surface area contributed by atoms with Gasteiger partial charge in [-0.15, -0.1) is 0 Å². The second kappa shape index (κ2) is 6.28. The Morgan fingerprint density at radius 1 is 1.14 bits per heavy atom. The van der Waals surface area contributed by atoms with E-state index in [9.17, 15) is 24.8 Å². The Balaban J connectivity index is 2.53. The third kappa shape index (κ3) is 3.34. The predicted molar refractivity (Wildman–Crippen MR) is 86.8 cm³/mol. The lowest BCUT2D eigenvalue weighted by molar-refractivity contribution is -0.386. The highest BCUT2D eigenvalue weighted by Gasteiger charge is 2.18. The van der Waals surface area contributed by atoms with Crippen LogP contribution in [0, 0.1) is 10.1 Å². The molecule has 1 heterocycles. The summed E-state index contributed by atoms with van der Waals surface area (Å²) in [7, 11) is 0. The fourth-order valence-corrected chi connectivity index (χ4v) is 2.88. The van der Waals surface area contributed by atoms with Gasteiger partial charge in [0.1, 0.15) is 11.4 Å². The average Bonchev–Trinajstić information content (AvgIpc) is 2.41. The zero-order valence-corrected chi connectivity index (χ0v) is 13.8. The fourth-order valence-electron chi connectivity index (χ4n) is 1.66. The molecule has 0 unspecified atom stereocenters. The molecule has 0 aliphatic heterocycles. The monoisotopic (exact) mass is 431 g/mol. The number of halogens is 2. The number of benzene rings is 1. The van der Waals surface area contributed by atoms with Crippen LogP contribution in [0.2, 0.25) is 0 Å². The number of hydrogen-bond acceptors (Lipinski definition) is 5. The van der Waals surface area contributed by atoms with E-state index in [4.69, 9.17) is 0 Å². The second-order valence-electron chi connectivity index (χ2n) is 4.09. The third-order valence-corrected chi connectivity index (χ3v) is 3.82. The molecule has 0 aliphatic carbocycles. The van der Waals surface area contributed by atoms with Gasteiger partial charge in [-0.05, 0) is 55.6 Å². The lowest BCUT2D eigenvalue weighted by Crippen LogP contribution is -2.25. The van der Waals surface area contributed by atoms with Gasteiger partial charge in [0.25, 0.3) is 0 Å². The number of aromatic hydroxyl groups is 1. The van der Waals surface area contributed by atoms with Gasteiger partial charge < -0.3 is 10.1 Å². The first-order chi connectivity index (χ1) is 10.3. The zero-order valence-electron chi connectivity index (χ0n) is 10.6. The molecule has 114 valence electrons. The van der Waals surface area contributed by atoms with Gasteiger partial charge in [0, 0.05) is 0 Å². The standard InChI is InChI=1S/C12H7Br2N3O5/c13-6-3-5(4-7(14)10(6)18)1-2-8-9(17(21)22)11(19)16-12(20)15-8/h1-4,18H,(H2,15,16,19,20). The Morgan fingerprint density at radius 3 is 2.27 bits per heavy atom. The van der Waals surface area contributed by atoms with Gasteiger partial charge in [-0.2, -0.15) is 0 Å². The van der Waals surface area contributed by atoms with E-state index in [1.165, 1.54) is 12.2 Å². The summed E-state index contributed by atoms with van der Waals surface area (Å²) in [6.07, 6.45) is 2.69. The van der Waals surface area contributed by atoms with Crippen molar-refractivity contribution in [3.8, 4) is 5.75 Å². The van der Waals surface area contributed by atoms with E-state index >= 15 is 0 Å². The van der Waals surface area contributed by atoms with Crippen molar-refractivity contribution < 1.29 is 10.0 Å². The van der Waals surface area contributed by atoms with E-state index < -0.39 is 21.9 Å². The van der Waals surface area contributed by atoms with E-state index in [2.05, 4.69) is 36.8 Å². The predicted octanol–water partition coefficient (Wildman–Crippen LogP) is 2.37. The van der Waals surface area contributed by atoms with Crippen LogP contribution in [-0.4, -0.2) is 20.0 Å². The lowest BCUT2D eigenvalue weighted by atomic mass is 10.2. The Bertz CT molecular complexity index is 877. The minimum Gasteiger partial charge on any atom is -0.506 e. The number of aromatic nitrogens is 2. The van der Waals surface area contributed by atoms with Gasteiger partial charge in [0.2, 0.25) is 0 Å². The van der Waals surface area contributed by atoms with Crippen LogP contribution in [0.5, 0.6) is 5.75 Å². The van der Waals surface area contributed by atoms with Crippen LogP contribution in [0.25, 0.3) is 12.2 Å². The summed E-state index contributed by atoms with van der Waals surface area (Å²) in [5.74, 6) is 0.00712. The zero-order chi connectivity index (χ0) is 16.4. The van der Waals surface area contributed by atoms with E-state index in [0.717, 1.165) is 0 Å². The Labute approximate surface area is 138 Å². The number of H-pyrrole nitrogens is 2. The summed E-state index contributed by atoms with van der Waals surface area (Å²) in [6, 6.07) is 3.13. The molecule has 1 aromatic heterocycles. The topological polar surface area (TPSA) is 129 Å². The number of nitrogens with one attached hydrogen (secondary N) is 2. The number of phenols is 1. The van der Waals surface area contributed by atoms with Crippen LogP contribution in [-0.2, 0) is 0 Å². The Kier molecular flexibility index (Phi) is 4.62. The number of rotatable bonds is 3. The van der Waals surface area contributed by atoms with Crippen LogP contribution in [0.15, 0.2) is 30.7 Å². The molecule has 2 rings (SSSR count). The number of nitrogens with zero attached hydrogens (tertiary/aromatic N) is 1. The molecule has 0 aliphatic rings. The highest BCUT2D eigenvalue weighted by molar-refractivity contribution is 9.11. The molecule has 1 aromatic carbocycles. The van der Waals surface area contributed by atoms with Crippen LogP contribution in [0.3, 0.4) is 0 Å². The van der Waals surface area contributed by atoms with Crippen LogP contribution >= 0.6 is 31.9 Å². The minimum atomic E-state index is -1.08. The molecular formula is C12H7Br2N3O5. The molecule has 8 nitrogen and oxygen atoms in total. The molecule has 0 saturated carbocycles. The van der Waals surface area contributed by atoms with Gasteiger partial charge in [-0.3, -0.25) is 19.9 Å². The number of aromatic amines is 2. The quantitative estimate of drug-likeness (QED) is 0.506. The molecule has 3 N–H and O–H groups in total. The minimum absolute atomic E-state index is 0.00712. The Hall–Kier alpha value is -2.20. The smallest absolute Gasteiger partial charge is 0.357 e. The van der Waals surface area contributed by atoms with E-state index in [0.29, 0.717) is 14.5 Å². The maximum atomic E-state index is 11.5. The maximum Gasteiger partial charge on any atom is 0.357 e. The lowest BCUT2D eigenvalue weighted by Gasteiger charge is -2.02. The van der Waals surface area contributed by atoms with Crippen LogP contribution in [0.4, 0.5) is 5.69 Å². The van der Waals surface area contributed by atoms with E-state index in [1.807, 2.05) is 0 Å². The first-order valence-electron chi connectivity index (χ1n) is 5.66. The molecule has 0 amide bonds. The van der Waals surface area contributed by atoms with Crippen molar-refractivity contribution in [3.05, 3.63) is 63.3 Å². The molecule has 0 fully saturated rings. The normalized spacial score (nSPS) is 11.0. The molecule has 0 radical (unpaired) electrons. The summed E-state index contributed by atoms with van der Waals surface area (Å²) >= 11 is 6.30. The van der Waals surface area contributed by atoms with Crippen molar-refractivity contribution in [1.82, 2.24) is 9.97 Å². The van der Waals surface area contributed by atoms with Crippen LogP contribution in [0.1, 0.15) is 11.3 Å². The first kappa shape index (κ1) is 16.2. The maximum absolute atomic E-state index is 11.5. The van der Waals surface area contributed by atoms with Gasteiger partial charge >= 0.3 is 16.9 Å². The largest absolute Gasteiger partial charge is 0.506 e. The summed E-state index contributed by atoms with van der Waals surface area (Å²) in [5.41, 5.74) is -2.33. The van der Waals surface area contributed by atoms with E-state index in [1.54, 1.807) is 17.1 Å². The molecule has 0 bridgehead atoms. The highest BCUT2D eigenvalue weighted by atomic mass is 79.9. The molecular weight excluding hydrogens is 426 g/mol. The Morgan fingerprint density at radius 2 is 1.73 bits per heavy atom. The average molecular weight is 433 g/mol. The van der Waals surface area contributed by atoms with Crippen molar-refractivity contribution >= 4 is 49.7 Å². The summed E-state index contributed by atoms with van der Waals surface area (Å²) in [5, 5.41) is 20.5. The van der Waals surface area contributed by atoms with Crippen LogP contribution < -0.4 is 11.2 Å². The van der Waals surface area contributed by atoms with Crippen molar-refractivity contribution in [2.45, 2.75) is 0 Å². The summed E-state index contributed by atoms with van der Waals surface area (Å²) < 4.78 is 0.825. The molecule has 2 aromatic rings. The summed E-state index contributed by atoms with van der Waals surface area (Å²) in [4.78, 5) is 36.7. The first-order valence-corrected chi connectivity index (χ1v) is 7.25. The molecule has 10 heteroatoms. The second-order valence-corrected chi connectivity index (χ2v) is 5.80. The molecule has 22 heavy (non-hydrogen) atoms.